The molecular formula is C9H13ClN2S. The Morgan fingerprint density at radius 3 is 3.08 bits per heavy atom. The monoisotopic (exact) mass is 216 g/mol. The van der Waals surface area contributed by atoms with Gasteiger partial charge in [-0.05, 0) is 25.3 Å². The molecule has 0 spiro atoms. The number of nitrogens with one attached hydrogen (secondary N) is 1. The summed E-state index contributed by atoms with van der Waals surface area (Å²) in [6, 6.07) is 4.05. The van der Waals surface area contributed by atoms with E-state index < -0.39 is 0 Å². The average Bonchev–Trinajstić information content (AvgIpc) is 2.09. The molecule has 13 heavy (non-hydrogen) atoms. The van der Waals surface area contributed by atoms with Crippen LogP contribution in [-0.2, 0) is 0 Å². The van der Waals surface area contributed by atoms with Crippen molar-refractivity contribution in [2.75, 3.05) is 17.3 Å². The lowest BCUT2D eigenvalue weighted by molar-refractivity contribution is 0.903. The van der Waals surface area contributed by atoms with Crippen molar-refractivity contribution in [3.8, 4) is 0 Å². The second-order valence-electron chi connectivity index (χ2n) is 2.83. The van der Waals surface area contributed by atoms with E-state index in [1.54, 1.807) is 18.0 Å². The van der Waals surface area contributed by atoms with Gasteiger partial charge in [-0.15, -0.1) is 0 Å². The zero-order valence-electron chi connectivity index (χ0n) is 7.75. The molecule has 0 aliphatic carbocycles. The Morgan fingerprint density at radius 2 is 2.46 bits per heavy atom. The van der Waals surface area contributed by atoms with Gasteiger partial charge in [0.25, 0.3) is 0 Å². The Kier molecular flexibility index (Phi) is 4.39. The molecule has 2 nitrogen and oxygen atoms in total. The molecule has 0 radical (unpaired) electrons. The van der Waals surface area contributed by atoms with Crippen LogP contribution in [0, 0.1) is 0 Å². The van der Waals surface area contributed by atoms with Gasteiger partial charge in [-0.1, -0.05) is 11.6 Å². The smallest absolute Gasteiger partial charge is 0.144 e. The van der Waals surface area contributed by atoms with Crippen LogP contribution < -0.4 is 5.32 Å². The Balaban J connectivity index is 2.58. The first-order valence-corrected chi connectivity index (χ1v) is 5.87. The SMILES string of the molecule is CSCC(C)Nc1ncccc1Cl. The van der Waals surface area contributed by atoms with E-state index in [1.165, 1.54) is 0 Å². The highest BCUT2D eigenvalue weighted by Crippen LogP contribution is 2.18. The van der Waals surface area contributed by atoms with Crippen LogP contribution in [0.25, 0.3) is 0 Å². The standard InChI is InChI=1S/C9H13ClN2S/c1-7(6-13-2)12-9-8(10)4-3-5-11-9/h3-5,7H,6H2,1-2H3,(H,11,12). The molecule has 4 heteroatoms. The van der Waals surface area contributed by atoms with Crippen LogP contribution in [0.1, 0.15) is 6.92 Å². The number of anilines is 1. The normalized spacial score (nSPS) is 12.5. The van der Waals surface area contributed by atoms with Gasteiger partial charge in [0.1, 0.15) is 5.82 Å². The van der Waals surface area contributed by atoms with E-state index in [0.717, 1.165) is 11.6 Å². The molecule has 0 aliphatic heterocycles. The van der Waals surface area contributed by atoms with Crippen molar-refractivity contribution >= 4 is 29.2 Å². The second-order valence-corrected chi connectivity index (χ2v) is 4.15. The summed E-state index contributed by atoms with van der Waals surface area (Å²) in [6.07, 6.45) is 3.82. The predicted molar refractivity (Wildman–Crippen MR) is 60.7 cm³/mol. The maximum absolute atomic E-state index is 5.94. The van der Waals surface area contributed by atoms with E-state index in [4.69, 9.17) is 11.6 Å². The van der Waals surface area contributed by atoms with Crippen LogP contribution in [0.2, 0.25) is 5.02 Å². The third-order valence-electron chi connectivity index (χ3n) is 1.56. The molecule has 0 aliphatic rings. The van der Waals surface area contributed by atoms with Crippen molar-refractivity contribution in [3.63, 3.8) is 0 Å². The molecule has 0 fully saturated rings. The average molecular weight is 217 g/mol. The van der Waals surface area contributed by atoms with Gasteiger partial charge in [0.05, 0.1) is 5.02 Å². The van der Waals surface area contributed by atoms with Crippen LogP contribution in [0.5, 0.6) is 0 Å². The summed E-state index contributed by atoms with van der Waals surface area (Å²) in [5.41, 5.74) is 0. The minimum absolute atomic E-state index is 0.391. The Hall–Kier alpha value is -0.410. The van der Waals surface area contributed by atoms with Crippen molar-refractivity contribution in [2.24, 2.45) is 0 Å². The fraction of sp³-hybridized carbons (Fsp3) is 0.444. The van der Waals surface area contributed by atoms with Gasteiger partial charge < -0.3 is 5.32 Å². The highest BCUT2D eigenvalue weighted by Gasteiger charge is 2.04. The molecule has 1 rings (SSSR count). The third-order valence-corrected chi connectivity index (χ3v) is 2.70. The first-order valence-electron chi connectivity index (χ1n) is 4.10. The summed E-state index contributed by atoms with van der Waals surface area (Å²) in [5.74, 6) is 1.82. The van der Waals surface area contributed by atoms with E-state index >= 15 is 0 Å². The highest BCUT2D eigenvalue weighted by atomic mass is 35.5. The number of hydrogen-bond acceptors (Lipinski definition) is 3. The summed E-state index contributed by atoms with van der Waals surface area (Å²) in [7, 11) is 0. The van der Waals surface area contributed by atoms with E-state index in [2.05, 4.69) is 23.5 Å². The molecular weight excluding hydrogens is 204 g/mol. The maximum Gasteiger partial charge on any atom is 0.144 e. The van der Waals surface area contributed by atoms with Crippen LogP contribution in [-0.4, -0.2) is 23.0 Å². The first kappa shape index (κ1) is 10.7. The maximum atomic E-state index is 5.94. The van der Waals surface area contributed by atoms with Crippen LogP contribution in [0.15, 0.2) is 18.3 Å². The Morgan fingerprint density at radius 1 is 1.69 bits per heavy atom. The fourth-order valence-electron chi connectivity index (χ4n) is 1.02. The molecule has 0 saturated carbocycles. The van der Waals surface area contributed by atoms with E-state index in [1.807, 2.05) is 12.1 Å². The zero-order valence-corrected chi connectivity index (χ0v) is 9.32. The summed E-state index contributed by atoms with van der Waals surface area (Å²) >= 11 is 7.74. The number of rotatable bonds is 4. The lowest BCUT2D eigenvalue weighted by Gasteiger charge is -2.13. The molecule has 72 valence electrons. The zero-order chi connectivity index (χ0) is 9.68. The lowest BCUT2D eigenvalue weighted by atomic mass is 10.3. The van der Waals surface area contributed by atoms with Crippen LogP contribution in [0.4, 0.5) is 5.82 Å². The molecule has 0 bridgehead atoms. The van der Waals surface area contributed by atoms with E-state index in [0.29, 0.717) is 11.1 Å². The summed E-state index contributed by atoms with van der Waals surface area (Å²) in [4.78, 5) is 4.15. The van der Waals surface area contributed by atoms with Crippen molar-refractivity contribution in [1.29, 1.82) is 0 Å². The summed E-state index contributed by atoms with van der Waals surface area (Å²) in [6.45, 7) is 2.11. The van der Waals surface area contributed by atoms with Gasteiger partial charge in [-0.3, -0.25) is 0 Å². The largest absolute Gasteiger partial charge is 0.366 e. The summed E-state index contributed by atoms with van der Waals surface area (Å²) < 4.78 is 0. The number of halogens is 1. The van der Waals surface area contributed by atoms with Gasteiger partial charge in [0.2, 0.25) is 0 Å². The molecule has 1 unspecified atom stereocenters. The van der Waals surface area contributed by atoms with E-state index in [-0.39, 0.29) is 0 Å². The molecule has 0 amide bonds. The summed E-state index contributed by atoms with van der Waals surface area (Å²) in [5, 5.41) is 3.92. The topological polar surface area (TPSA) is 24.9 Å². The van der Waals surface area contributed by atoms with Crippen molar-refractivity contribution in [3.05, 3.63) is 23.4 Å². The molecule has 1 atom stereocenters. The molecule has 1 aromatic rings. The third kappa shape index (κ3) is 3.44. The minimum atomic E-state index is 0.391. The van der Waals surface area contributed by atoms with Crippen LogP contribution in [0.3, 0.4) is 0 Å². The number of hydrogen-bond donors (Lipinski definition) is 1. The highest BCUT2D eigenvalue weighted by molar-refractivity contribution is 7.98. The van der Waals surface area contributed by atoms with Crippen molar-refractivity contribution < 1.29 is 0 Å². The molecule has 1 aromatic heterocycles. The molecule has 0 saturated heterocycles. The Bertz CT molecular complexity index is 268. The van der Waals surface area contributed by atoms with Crippen LogP contribution >= 0.6 is 23.4 Å². The van der Waals surface area contributed by atoms with Gasteiger partial charge in [0.15, 0.2) is 0 Å². The lowest BCUT2D eigenvalue weighted by Crippen LogP contribution is -2.18. The van der Waals surface area contributed by atoms with Gasteiger partial charge in [-0.25, -0.2) is 4.98 Å². The molecule has 1 heterocycles. The minimum Gasteiger partial charge on any atom is -0.366 e. The van der Waals surface area contributed by atoms with Gasteiger partial charge in [-0.2, -0.15) is 11.8 Å². The first-order chi connectivity index (χ1) is 6.24. The number of thioether (sulfide) groups is 1. The second kappa shape index (κ2) is 5.35. The fourth-order valence-corrected chi connectivity index (χ4v) is 1.78. The number of aromatic nitrogens is 1. The van der Waals surface area contributed by atoms with Gasteiger partial charge >= 0.3 is 0 Å². The van der Waals surface area contributed by atoms with E-state index in [9.17, 15) is 0 Å². The quantitative estimate of drug-likeness (QED) is 0.838. The molecule has 0 aromatic carbocycles. The Labute approximate surface area is 88.1 Å². The predicted octanol–water partition coefficient (Wildman–Crippen LogP) is 2.90. The number of pyridine rings is 1. The number of nitrogens with zero attached hydrogens (tertiary/aromatic N) is 1. The van der Waals surface area contributed by atoms with Crippen molar-refractivity contribution in [2.45, 2.75) is 13.0 Å². The molecule has 1 N–H and O–H groups in total. The van der Waals surface area contributed by atoms with Crippen molar-refractivity contribution in [1.82, 2.24) is 4.98 Å². The van der Waals surface area contributed by atoms with Gasteiger partial charge in [0, 0.05) is 18.0 Å².